The number of hydrogen-bond donors (Lipinski definition) is 0. The van der Waals surface area contributed by atoms with Crippen LogP contribution in [0.25, 0.3) is 0 Å². The molecule has 0 N–H and O–H groups in total. The maximum atomic E-state index is 2.47. The molecule has 2 aromatic carbocycles. The van der Waals surface area contributed by atoms with Crippen molar-refractivity contribution < 1.29 is 0 Å². The summed E-state index contributed by atoms with van der Waals surface area (Å²) in [6.07, 6.45) is 0. The van der Waals surface area contributed by atoms with E-state index in [-0.39, 0.29) is 0 Å². The van der Waals surface area contributed by atoms with Gasteiger partial charge in [-0.05, 0) is 62.0 Å². The molecule has 2 atom stereocenters. The van der Waals surface area contributed by atoms with Crippen molar-refractivity contribution >= 4 is 18.4 Å². The van der Waals surface area contributed by atoms with Gasteiger partial charge in [0.15, 0.2) is 0 Å². The Morgan fingerprint density at radius 1 is 0.741 bits per heavy atom. The highest BCUT2D eigenvalue weighted by Crippen LogP contribution is 2.44. The minimum Gasteiger partial charge on any atom is -0.0643 e. The summed E-state index contributed by atoms with van der Waals surface area (Å²) in [6.45, 7) is 18.8. The summed E-state index contributed by atoms with van der Waals surface area (Å²) in [5, 5.41) is 4.85. The van der Waals surface area contributed by atoms with E-state index in [1.54, 1.807) is 26.7 Å². The number of allylic oxidation sites excluding steroid dienone is 4. The van der Waals surface area contributed by atoms with Gasteiger partial charge in [-0.3, -0.25) is 0 Å². The van der Waals surface area contributed by atoms with Crippen LogP contribution in [0.4, 0.5) is 0 Å². The third-order valence-corrected chi connectivity index (χ3v) is 12.7. The zero-order valence-corrected chi connectivity index (χ0v) is 19.3. The summed E-state index contributed by atoms with van der Waals surface area (Å²) < 4.78 is 0. The molecule has 2 aromatic rings. The lowest BCUT2D eigenvalue weighted by Crippen LogP contribution is -2.63. The van der Waals surface area contributed by atoms with Crippen LogP contribution >= 0.6 is 0 Å². The van der Waals surface area contributed by atoms with Gasteiger partial charge in [-0.15, -0.1) is 0 Å². The quantitative estimate of drug-likeness (QED) is 0.566. The average molecular weight is 375 g/mol. The molecule has 142 valence electrons. The van der Waals surface area contributed by atoms with Crippen LogP contribution in [0, 0.1) is 19.8 Å². The summed E-state index contributed by atoms with van der Waals surface area (Å²) in [4.78, 5) is 0. The van der Waals surface area contributed by atoms with E-state index >= 15 is 0 Å². The lowest BCUT2D eigenvalue weighted by atomic mass is 10.1. The van der Waals surface area contributed by atoms with Gasteiger partial charge in [0, 0.05) is 0 Å². The third kappa shape index (κ3) is 3.06. The van der Waals surface area contributed by atoms with Crippen molar-refractivity contribution in [3.8, 4) is 0 Å². The highest BCUT2D eigenvalue weighted by atomic mass is 28.3. The highest BCUT2D eigenvalue weighted by molar-refractivity contribution is 7.08. The van der Waals surface area contributed by atoms with Crippen molar-refractivity contribution in [2.24, 2.45) is 5.92 Å². The van der Waals surface area contributed by atoms with Crippen molar-refractivity contribution in [2.45, 2.75) is 60.9 Å². The molecule has 0 aliphatic heterocycles. The van der Waals surface area contributed by atoms with Gasteiger partial charge in [-0.1, -0.05) is 96.8 Å². The van der Waals surface area contributed by atoms with E-state index in [4.69, 9.17) is 0 Å². The van der Waals surface area contributed by atoms with Crippen molar-refractivity contribution in [2.75, 3.05) is 0 Å². The van der Waals surface area contributed by atoms with E-state index in [0.29, 0.717) is 11.5 Å². The summed E-state index contributed by atoms with van der Waals surface area (Å²) in [5.74, 6) is 0.528. The molecule has 0 heterocycles. The van der Waals surface area contributed by atoms with Crippen molar-refractivity contribution in [3.63, 3.8) is 0 Å². The molecule has 0 radical (unpaired) electrons. The predicted octanol–water partition coefficient (Wildman–Crippen LogP) is 6.12. The van der Waals surface area contributed by atoms with E-state index in [0.717, 1.165) is 0 Å². The molecular formula is C26H34Si. The molecule has 0 bridgehead atoms. The van der Waals surface area contributed by atoms with Crippen molar-refractivity contribution in [1.82, 2.24) is 0 Å². The number of rotatable bonds is 4. The van der Waals surface area contributed by atoms with Crippen LogP contribution < -0.4 is 10.4 Å². The lowest BCUT2D eigenvalue weighted by molar-refractivity contribution is 0.840. The van der Waals surface area contributed by atoms with Gasteiger partial charge in [-0.2, -0.15) is 0 Å². The first-order chi connectivity index (χ1) is 12.7. The summed E-state index contributed by atoms with van der Waals surface area (Å²) >= 11 is 0. The Morgan fingerprint density at radius 3 is 1.74 bits per heavy atom. The maximum absolute atomic E-state index is 2.47. The number of aryl methyl sites for hydroxylation is 2. The van der Waals surface area contributed by atoms with Crippen LogP contribution in [0.5, 0.6) is 0 Å². The highest BCUT2D eigenvalue weighted by Gasteiger charge is 2.48. The zero-order chi connectivity index (χ0) is 19.9. The first-order valence-electron chi connectivity index (χ1n) is 10.2. The fraction of sp³-hybridized carbons (Fsp3) is 0.385. The molecule has 1 aliphatic rings. The average Bonchev–Trinajstić information content (AvgIpc) is 2.80. The molecule has 1 heteroatoms. The molecule has 0 fully saturated rings. The molecule has 0 saturated carbocycles. The van der Waals surface area contributed by atoms with Crippen molar-refractivity contribution in [1.29, 1.82) is 0 Å². The second kappa shape index (κ2) is 7.28. The third-order valence-electron chi connectivity index (χ3n) is 6.84. The van der Waals surface area contributed by atoms with E-state index in [9.17, 15) is 0 Å². The van der Waals surface area contributed by atoms with E-state index in [2.05, 4.69) is 104 Å². The molecule has 0 amide bonds. The fourth-order valence-electron chi connectivity index (χ4n) is 5.36. The Labute approximate surface area is 167 Å². The normalized spacial score (nSPS) is 19.8. The van der Waals surface area contributed by atoms with Crippen LogP contribution in [0.15, 0.2) is 70.4 Å². The molecule has 1 aliphatic carbocycles. The summed E-state index contributed by atoms with van der Waals surface area (Å²) in [6, 6.07) is 18.6. The molecule has 3 rings (SSSR count). The van der Waals surface area contributed by atoms with Gasteiger partial charge in [0.2, 0.25) is 0 Å². The minimum absolute atomic E-state index is 0.528. The van der Waals surface area contributed by atoms with Crippen LogP contribution in [-0.2, 0) is 0 Å². The Morgan fingerprint density at radius 2 is 1.30 bits per heavy atom. The maximum Gasteiger partial charge on any atom is 0.147 e. The summed E-state index contributed by atoms with van der Waals surface area (Å²) in [7, 11) is -2.13. The topological polar surface area (TPSA) is 0 Å². The minimum atomic E-state index is -2.13. The Hall–Kier alpha value is -1.86. The van der Waals surface area contributed by atoms with Crippen LogP contribution in [0.3, 0.4) is 0 Å². The largest absolute Gasteiger partial charge is 0.147 e. The second-order valence-corrected chi connectivity index (χ2v) is 13.2. The standard InChI is InChI=1S/C26H34Si/c1-17(2)27(24-12-10-9-11-13-24,25-15-18(3)14-19(4)16-25)26-22(7)20(5)21(6)23(26)8/h9-17,22H,1-8H3. The second-order valence-electron chi connectivity index (χ2n) is 8.77. The summed E-state index contributed by atoms with van der Waals surface area (Å²) in [5.41, 5.74) is 7.96. The number of hydrogen-bond acceptors (Lipinski definition) is 0. The molecular weight excluding hydrogens is 340 g/mol. The van der Waals surface area contributed by atoms with Crippen molar-refractivity contribution in [3.05, 3.63) is 81.6 Å². The fourth-order valence-corrected chi connectivity index (χ4v) is 11.6. The van der Waals surface area contributed by atoms with Crippen LogP contribution in [0.1, 0.15) is 52.7 Å². The molecule has 0 aromatic heterocycles. The Balaban J connectivity index is 2.44. The van der Waals surface area contributed by atoms with Crippen LogP contribution in [-0.4, -0.2) is 8.07 Å². The Bertz CT molecular complexity index is 894. The number of benzene rings is 2. The van der Waals surface area contributed by atoms with Gasteiger partial charge < -0.3 is 0 Å². The van der Waals surface area contributed by atoms with Gasteiger partial charge in [0.25, 0.3) is 0 Å². The molecule has 0 spiro atoms. The SMILES string of the molecule is CC1=C(C)C(C)C([Si](c2ccccc2)(c2cc(C)cc(C)c2)C(C)C)=C1C. The van der Waals surface area contributed by atoms with Gasteiger partial charge >= 0.3 is 0 Å². The smallest absolute Gasteiger partial charge is 0.0643 e. The predicted molar refractivity (Wildman–Crippen MR) is 123 cm³/mol. The van der Waals surface area contributed by atoms with Gasteiger partial charge in [0.1, 0.15) is 8.07 Å². The monoisotopic (exact) mass is 374 g/mol. The van der Waals surface area contributed by atoms with Gasteiger partial charge in [0.05, 0.1) is 0 Å². The van der Waals surface area contributed by atoms with E-state index < -0.39 is 8.07 Å². The first-order valence-corrected chi connectivity index (χ1v) is 12.3. The first kappa shape index (κ1) is 19.9. The van der Waals surface area contributed by atoms with Gasteiger partial charge in [-0.25, -0.2) is 0 Å². The van der Waals surface area contributed by atoms with E-state index in [1.807, 2.05) is 0 Å². The van der Waals surface area contributed by atoms with Crippen LogP contribution in [0.2, 0.25) is 5.54 Å². The lowest BCUT2D eigenvalue weighted by Gasteiger charge is -2.41. The molecule has 0 saturated heterocycles. The molecule has 2 unspecified atom stereocenters. The molecule has 0 nitrogen and oxygen atoms in total. The van der Waals surface area contributed by atoms with E-state index in [1.165, 1.54) is 16.7 Å². The zero-order valence-electron chi connectivity index (χ0n) is 18.3. The molecule has 27 heavy (non-hydrogen) atoms. The Kier molecular flexibility index (Phi) is 5.36.